The zero-order chi connectivity index (χ0) is 16.9. The van der Waals surface area contributed by atoms with Crippen molar-refractivity contribution in [2.75, 3.05) is 11.9 Å². The van der Waals surface area contributed by atoms with Gasteiger partial charge < -0.3 is 20.5 Å². The Bertz CT molecular complexity index is 683. The molecule has 2 aromatic rings. The van der Waals surface area contributed by atoms with E-state index in [9.17, 15) is 4.79 Å². The fraction of sp³-hybridized carbons (Fsp3) is 0.316. The van der Waals surface area contributed by atoms with Crippen LogP contribution in [0, 0.1) is 6.92 Å². The number of amides is 1. The number of benzene rings is 2. The van der Waals surface area contributed by atoms with Crippen LogP contribution in [0.1, 0.15) is 18.4 Å². The largest absolute Gasteiger partial charge is 0.457 e. The fourth-order valence-electron chi connectivity index (χ4n) is 2.64. The highest BCUT2D eigenvalue weighted by molar-refractivity contribution is 5.94. The van der Waals surface area contributed by atoms with E-state index < -0.39 is 6.10 Å². The maximum atomic E-state index is 12.2. The van der Waals surface area contributed by atoms with Gasteiger partial charge in [-0.3, -0.25) is 4.79 Å². The molecule has 0 bridgehead atoms. The molecule has 0 aromatic heterocycles. The van der Waals surface area contributed by atoms with Crippen LogP contribution in [0.5, 0.6) is 11.5 Å². The number of anilines is 1. The smallest absolute Gasteiger partial charge is 0.253 e. The second-order valence-corrected chi connectivity index (χ2v) is 5.99. The van der Waals surface area contributed by atoms with Crippen molar-refractivity contribution in [3.63, 3.8) is 0 Å². The van der Waals surface area contributed by atoms with Crippen LogP contribution in [0.15, 0.2) is 48.5 Å². The number of hydrogen-bond donors (Lipinski definition) is 2. The average Bonchev–Trinajstić information content (AvgIpc) is 3.08. The Labute approximate surface area is 141 Å². The van der Waals surface area contributed by atoms with Crippen LogP contribution < -0.4 is 15.8 Å². The van der Waals surface area contributed by atoms with Gasteiger partial charge in [-0.1, -0.05) is 17.7 Å². The Morgan fingerprint density at radius 3 is 2.33 bits per heavy atom. The Morgan fingerprint density at radius 1 is 1.12 bits per heavy atom. The average molecular weight is 326 g/mol. The number of carbonyl (C=O) groups excluding carboxylic acids is 1. The maximum Gasteiger partial charge on any atom is 0.253 e. The molecule has 1 aliphatic rings. The van der Waals surface area contributed by atoms with E-state index in [1.807, 2.05) is 55.5 Å². The summed E-state index contributed by atoms with van der Waals surface area (Å²) in [6.45, 7) is 2.49. The molecule has 2 aromatic carbocycles. The summed E-state index contributed by atoms with van der Waals surface area (Å²) in [5, 5.41) is 2.87. The molecule has 3 rings (SSSR count). The van der Waals surface area contributed by atoms with Gasteiger partial charge in [0.05, 0.1) is 6.10 Å². The molecule has 0 aliphatic carbocycles. The van der Waals surface area contributed by atoms with Crippen LogP contribution in [-0.2, 0) is 9.53 Å². The molecule has 0 spiro atoms. The minimum Gasteiger partial charge on any atom is -0.457 e. The first-order chi connectivity index (χ1) is 11.6. The van der Waals surface area contributed by atoms with E-state index in [4.69, 9.17) is 15.2 Å². The van der Waals surface area contributed by atoms with E-state index in [0.717, 1.165) is 23.6 Å². The second-order valence-electron chi connectivity index (χ2n) is 5.99. The van der Waals surface area contributed by atoms with Gasteiger partial charge in [0.2, 0.25) is 0 Å². The first-order valence-electron chi connectivity index (χ1n) is 8.15. The highest BCUT2D eigenvalue weighted by Gasteiger charge is 2.29. The normalized spacial score (nSPS) is 19.9. The summed E-state index contributed by atoms with van der Waals surface area (Å²) in [5.41, 5.74) is 7.47. The minimum atomic E-state index is -0.415. The lowest BCUT2D eigenvalue weighted by molar-refractivity contribution is -0.126. The standard InChI is InChI=1S/C19H22N2O3/c1-13-2-6-15(7-3-13)23-16-8-4-14(5-9-16)21-19(22)18-11-10-17(12-20)24-18/h2-9,17-18H,10-12,20H2,1H3,(H,21,22)/t17-,18+/m1/s1. The van der Waals surface area contributed by atoms with Crippen LogP contribution in [0.3, 0.4) is 0 Å². The zero-order valence-electron chi connectivity index (χ0n) is 13.7. The highest BCUT2D eigenvalue weighted by Crippen LogP contribution is 2.24. The Morgan fingerprint density at radius 2 is 1.75 bits per heavy atom. The number of aryl methyl sites for hydroxylation is 1. The number of rotatable bonds is 5. The van der Waals surface area contributed by atoms with Crippen molar-refractivity contribution < 1.29 is 14.3 Å². The molecular formula is C19H22N2O3. The monoisotopic (exact) mass is 326 g/mol. The van der Waals surface area contributed by atoms with Crippen LogP contribution >= 0.6 is 0 Å². The van der Waals surface area contributed by atoms with Crippen molar-refractivity contribution in [3.05, 3.63) is 54.1 Å². The molecule has 2 atom stereocenters. The van der Waals surface area contributed by atoms with Gasteiger partial charge in [0.25, 0.3) is 5.91 Å². The van der Waals surface area contributed by atoms with Crippen LogP contribution in [0.2, 0.25) is 0 Å². The van der Waals surface area contributed by atoms with E-state index in [1.165, 1.54) is 5.56 Å². The molecule has 24 heavy (non-hydrogen) atoms. The predicted octanol–water partition coefficient (Wildman–Crippen LogP) is 3.23. The van der Waals surface area contributed by atoms with Crippen molar-refractivity contribution >= 4 is 11.6 Å². The summed E-state index contributed by atoms with van der Waals surface area (Å²) in [6.07, 6.45) is 1.12. The maximum absolute atomic E-state index is 12.2. The number of nitrogens with two attached hydrogens (primary N) is 1. The molecule has 126 valence electrons. The van der Waals surface area contributed by atoms with Crippen molar-refractivity contribution in [1.82, 2.24) is 0 Å². The van der Waals surface area contributed by atoms with E-state index in [1.54, 1.807) is 0 Å². The fourth-order valence-corrected chi connectivity index (χ4v) is 2.64. The van der Waals surface area contributed by atoms with Crippen molar-refractivity contribution in [2.45, 2.75) is 32.0 Å². The summed E-state index contributed by atoms with van der Waals surface area (Å²) >= 11 is 0. The predicted molar refractivity (Wildman–Crippen MR) is 93.3 cm³/mol. The van der Waals surface area contributed by atoms with Crippen LogP contribution in [0.25, 0.3) is 0 Å². The van der Waals surface area contributed by atoms with Crippen molar-refractivity contribution in [3.8, 4) is 11.5 Å². The molecule has 0 radical (unpaired) electrons. The Hall–Kier alpha value is -2.37. The highest BCUT2D eigenvalue weighted by atomic mass is 16.5. The molecule has 3 N–H and O–H groups in total. The van der Waals surface area contributed by atoms with Crippen LogP contribution in [0.4, 0.5) is 5.69 Å². The summed E-state index contributed by atoms with van der Waals surface area (Å²) in [7, 11) is 0. The second kappa shape index (κ2) is 7.47. The molecule has 1 amide bonds. The molecule has 5 nitrogen and oxygen atoms in total. The lowest BCUT2D eigenvalue weighted by Crippen LogP contribution is -2.29. The first-order valence-corrected chi connectivity index (χ1v) is 8.15. The summed E-state index contributed by atoms with van der Waals surface area (Å²) < 4.78 is 11.4. The quantitative estimate of drug-likeness (QED) is 0.885. The molecule has 0 unspecified atom stereocenters. The molecule has 5 heteroatoms. The van der Waals surface area contributed by atoms with Crippen molar-refractivity contribution in [2.24, 2.45) is 5.73 Å². The third kappa shape index (κ3) is 4.13. The van der Waals surface area contributed by atoms with Gasteiger partial charge in [0.15, 0.2) is 0 Å². The third-order valence-electron chi connectivity index (χ3n) is 4.04. The van der Waals surface area contributed by atoms with Crippen LogP contribution in [-0.4, -0.2) is 24.7 Å². The summed E-state index contributed by atoms with van der Waals surface area (Å²) in [4.78, 5) is 12.2. The van der Waals surface area contributed by atoms with Gasteiger partial charge >= 0.3 is 0 Å². The summed E-state index contributed by atoms with van der Waals surface area (Å²) in [5.74, 6) is 1.37. The lowest BCUT2D eigenvalue weighted by Gasteiger charge is -2.13. The van der Waals surface area contributed by atoms with Crippen molar-refractivity contribution in [1.29, 1.82) is 0 Å². The van der Waals surface area contributed by atoms with Gasteiger partial charge in [-0.25, -0.2) is 0 Å². The first kappa shape index (κ1) is 16.5. The number of nitrogens with one attached hydrogen (secondary N) is 1. The molecular weight excluding hydrogens is 304 g/mol. The molecule has 1 heterocycles. The molecule has 1 aliphatic heterocycles. The third-order valence-corrected chi connectivity index (χ3v) is 4.04. The van der Waals surface area contributed by atoms with E-state index >= 15 is 0 Å². The minimum absolute atomic E-state index is 0.00830. The molecule has 1 saturated heterocycles. The zero-order valence-corrected chi connectivity index (χ0v) is 13.7. The number of hydrogen-bond acceptors (Lipinski definition) is 4. The molecule has 1 fully saturated rings. The topological polar surface area (TPSA) is 73.6 Å². The Balaban J connectivity index is 1.56. The number of ether oxygens (including phenoxy) is 2. The van der Waals surface area contributed by atoms with Gasteiger partial charge in [0.1, 0.15) is 17.6 Å². The van der Waals surface area contributed by atoms with Gasteiger partial charge in [0, 0.05) is 12.2 Å². The van der Waals surface area contributed by atoms with Gasteiger partial charge in [-0.05, 0) is 56.2 Å². The van der Waals surface area contributed by atoms with E-state index in [-0.39, 0.29) is 12.0 Å². The van der Waals surface area contributed by atoms with Gasteiger partial charge in [-0.2, -0.15) is 0 Å². The summed E-state index contributed by atoms with van der Waals surface area (Å²) in [6, 6.07) is 15.1. The lowest BCUT2D eigenvalue weighted by atomic mass is 10.2. The number of carbonyl (C=O) groups is 1. The van der Waals surface area contributed by atoms with E-state index in [0.29, 0.717) is 13.0 Å². The molecule has 0 saturated carbocycles. The Kier molecular flexibility index (Phi) is 5.13. The van der Waals surface area contributed by atoms with E-state index in [2.05, 4.69) is 5.32 Å². The van der Waals surface area contributed by atoms with Gasteiger partial charge in [-0.15, -0.1) is 0 Å². The SMILES string of the molecule is Cc1ccc(Oc2ccc(NC(=O)[C@@H]3CC[C@H](CN)O3)cc2)cc1.